The van der Waals surface area contributed by atoms with Crippen molar-refractivity contribution in [3.63, 3.8) is 0 Å². The van der Waals surface area contributed by atoms with Crippen molar-refractivity contribution in [3.8, 4) is 0 Å². The molecule has 1 heterocycles. The quantitative estimate of drug-likeness (QED) is 0.660. The highest BCUT2D eigenvalue weighted by atomic mass is 15.2. The second kappa shape index (κ2) is 4.43. The molecule has 2 fully saturated rings. The first-order valence-corrected chi connectivity index (χ1v) is 5.81. The van der Waals surface area contributed by atoms with Gasteiger partial charge in [-0.15, -0.1) is 0 Å². The Kier molecular flexibility index (Phi) is 3.23. The molecule has 2 nitrogen and oxygen atoms in total. The molecular weight excluding hydrogens is 160 g/mol. The lowest BCUT2D eigenvalue weighted by atomic mass is 9.80. The van der Waals surface area contributed by atoms with Crippen LogP contribution in [-0.2, 0) is 0 Å². The normalized spacial score (nSPS) is 37.6. The molecule has 13 heavy (non-hydrogen) atoms. The topological polar surface area (TPSA) is 15.3 Å². The molecule has 1 aliphatic carbocycles. The highest BCUT2D eigenvalue weighted by Gasteiger charge is 2.30. The highest BCUT2D eigenvalue weighted by Crippen LogP contribution is 2.31. The maximum atomic E-state index is 3.46. The van der Waals surface area contributed by atoms with Crippen LogP contribution in [0.1, 0.15) is 32.6 Å². The molecule has 2 heteroatoms. The van der Waals surface area contributed by atoms with E-state index in [2.05, 4.69) is 17.1 Å². The first kappa shape index (κ1) is 9.47. The minimum atomic E-state index is 0.938. The summed E-state index contributed by atoms with van der Waals surface area (Å²) in [6.07, 6.45) is 5.58. The largest absolute Gasteiger partial charge is 0.317 e. The summed E-state index contributed by atoms with van der Waals surface area (Å²) in [7, 11) is 0. The van der Waals surface area contributed by atoms with Gasteiger partial charge in [-0.2, -0.15) is 0 Å². The van der Waals surface area contributed by atoms with Crippen molar-refractivity contribution >= 4 is 0 Å². The first-order chi connectivity index (χ1) is 6.36. The summed E-state index contributed by atoms with van der Waals surface area (Å²) in [5.41, 5.74) is 0. The second-order valence-corrected chi connectivity index (χ2v) is 4.72. The lowest BCUT2D eigenvalue weighted by Gasteiger charge is -2.42. The van der Waals surface area contributed by atoms with Crippen molar-refractivity contribution in [3.05, 3.63) is 0 Å². The van der Waals surface area contributed by atoms with Crippen molar-refractivity contribution in [2.75, 3.05) is 26.2 Å². The molecule has 0 amide bonds. The second-order valence-electron chi connectivity index (χ2n) is 4.72. The van der Waals surface area contributed by atoms with Gasteiger partial charge in [0.25, 0.3) is 0 Å². The summed E-state index contributed by atoms with van der Waals surface area (Å²) in [6, 6.07) is 0.938. The fourth-order valence-corrected chi connectivity index (χ4v) is 2.57. The molecule has 0 unspecified atom stereocenters. The Hall–Kier alpha value is -0.0800. The molecular formula is C11H22N2. The van der Waals surface area contributed by atoms with Crippen LogP contribution in [0, 0.1) is 5.92 Å². The molecule has 1 saturated heterocycles. The number of rotatable bonds is 1. The van der Waals surface area contributed by atoms with E-state index < -0.39 is 0 Å². The maximum absolute atomic E-state index is 3.46. The van der Waals surface area contributed by atoms with E-state index in [1.807, 2.05) is 0 Å². The number of hydrogen-bond acceptors (Lipinski definition) is 2. The van der Waals surface area contributed by atoms with Gasteiger partial charge in [-0.1, -0.05) is 6.92 Å². The third kappa shape index (κ3) is 2.44. The average molecular weight is 182 g/mol. The molecule has 1 N–H and O–H groups in total. The molecule has 2 rings (SSSR count). The Morgan fingerprint density at radius 3 is 2.23 bits per heavy atom. The Morgan fingerprint density at radius 1 is 1.08 bits per heavy atom. The Labute approximate surface area is 81.7 Å². The SMILES string of the molecule is CC1CC(N2CCCNCCC2)C1. The minimum absolute atomic E-state index is 0.938. The summed E-state index contributed by atoms with van der Waals surface area (Å²) in [5, 5.41) is 3.46. The van der Waals surface area contributed by atoms with Crippen molar-refractivity contribution in [1.29, 1.82) is 0 Å². The molecule has 0 aromatic rings. The molecule has 1 saturated carbocycles. The van der Waals surface area contributed by atoms with Gasteiger partial charge in [0.2, 0.25) is 0 Å². The number of hydrogen-bond donors (Lipinski definition) is 1. The third-order valence-corrected chi connectivity index (χ3v) is 3.46. The van der Waals surface area contributed by atoms with Gasteiger partial charge in [-0.3, -0.25) is 0 Å². The van der Waals surface area contributed by atoms with Crippen LogP contribution in [-0.4, -0.2) is 37.1 Å². The van der Waals surface area contributed by atoms with Crippen LogP contribution in [0.3, 0.4) is 0 Å². The van der Waals surface area contributed by atoms with Crippen LogP contribution in [0.25, 0.3) is 0 Å². The first-order valence-electron chi connectivity index (χ1n) is 5.81. The fourth-order valence-electron chi connectivity index (χ4n) is 2.57. The number of nitrogens with one attached hydrogen (secondary N) is 1. The molecule has 0 radical (unpaired) electrons. The van der Waals surface area contributed by atoms with Crippen molar-refractivity contribution < 1.29 is 0 Å². The van der Waals surface area contributed by atoms with Crippen LogP contribution >= 0.6 is 0 Å². The van der Waals surface area contributed by atoms with Gasteiger partial charge in [-0.05, 0) is 57.8 Å². The van der Waals surface area contributed by atoms with E-state index in [4.69, 9.17) is 0 Å². The molecule has 0 bridgehead atoms. The molecule has 76 valence electrons. The van der Waals surface area contributed by atoms with Crippen LogP contribution < -0.4 is 5.32 Å². The zero-order valence-electron chi connectivity index (χ0n) is 8.76. The summed E-state index contributed by atoms with van der Waals surface area (Å²) < 4.78 is 0. The Balaban J connectivity index is 1.76. The zero-order valence-corrected chi connectivity index (χ0v) is 8.76. The molecule has 0 spiro atoms. The Morgan fingerprint density at radius 2 is 1.69 bits per heavy atom. The van der Waals surface area contributed by atoms with Gasteiger partial charge in [0.05, 0.1) is 0 Å². The van der Waals surface area contributed by atoms with Crippen LogP contribution in [0.5, 0.6) is 0 Å². The van der Waals surface area contributed by atoms with E-state index in [1.54, 1.807) is 0 Å². The van der Waals surface area contributed by atoms with Crippen LogP contribution in [0.2, 0.25) is 0 Å². The molecule has 2 aliphatic rings. The average Bonchev–Trinajstić information content (AvgIpc) is 1.99. The van der Waals surface area contributed by atoms with Gasteiger partial charge in [0, 0.05) is 6.04 Å². The summed E-state index contributed by atoms with van der Waals surface area (Å²) >= 11 is 0. The van der Waals surface area contributed by atoms with Gasteiger partial charge in [0.1, 0.15) is 0 Å². The molecule has 1 aliphatic heterocycles. The van der Waals surface area contributed by atoms with Gasteiger partial charge >= 0.3 is 0 Å². The molecule has 0 aromatic heterocycles. The van der Waals surface area contributed by atoms with E-state index in [0.717, 1.165) is 12.0 Å². The zero-order chi connectivity index (χ0) is 9.10. The van der Waals surface area contributed by atoms with Gasteiger partial charge in [-0.25, -0.2) is 0 Å². The van der Waals surface area contributed by atoms with Crippen LogP contribution in [0.4, 0.5) is 0 Å². The van der Waals surface area contributed by atoms with E-state index in [-0.39, 0.29) is 0 Å². The molecule has 0 aromatic carbocycles. The van der Waals surface area contributed by atoms with Crippen molar-refractivity contribution in [2.24, 2.45) is 5.92 Å². The van der Waals surface area contributed by atoms with Crippen molar-refractivity contribution in [1.82, 2.24) is 10.2 Å². The van der Waals surface area contributed by atoms with Gasteiger partial charge < -0.3 is 10.2 Å². The summed E-state index contributed by atoms with van der Waals surface area (Å²) in [4.78, 5) is 2.72. The smallest absolute Gasteiger partial charge is 0.0100 e. The van der Waals surface area contributed by atoms with E-state index in [0.29, 0.717) is 0 Å². The summed E-state index contributed by atoms with van der Waals surface area (Å²) in [6.45, 7) is 7.47. The lowest BCUT2D eigenvalue weighted by molar-refractivity contribution is 0.0803. The van der Waals surface area contributed by atoms with E-state index in [1.165, 1.54) is 51.9 Å². The van der Waals surface area contributed by atoms with Crippen LogP contribution in [0.15, 0.2) is 0 Å². The summed E-state index contributed by atoms with van der Waals surface area (Å²) in [5.74, 6) is 0.994. The standard InChI is InChI=1S/C11H22N2/c1-10-8-11(9-10)13-6-2-4-12-5-3-7-13/h10-12H,2-9H2,1H3. The fraction of sp³-hybridized carbons (Fsp3) is 1.00. The number of nitrogens with zero attached hydrogens (tertiary/aromatic N) is 1. The predicted molar refractivity (Wildman–Crippen MR) is 55.9 cm³/mol. The minimum Gasteiger partial charge on any atom is -0.317 e. The molecule has 0 atom stereocenters. The highest BCUT2D eigenvalue weighted by molar-refractivity contribution is 4.85. The van der Waals surface area contributed by atoms with Crippen molar-refractivity contribution in [2.45, 2.75) is 38.6 Å². The lowest BCUT2D eigenvalue weighted by Crippen LogP contribution is -2.46. The predicted octanol–water partition coefficient (Wildman–Crippen LogP) is 1.47. The Bertz CT molecular complexity index is 144. The monoisotopic (exact) mass is 182 g/mol. The van der Waals surface area contributed by atoms with Gasteiger partial charge in [0.15, 0.2) is 0 Å². The third-order valence-electron chi connectivity index (χ3n) is 3.46. The van der Waals surface area contributed by atoms with E-state index >= 15 is 0 Å². The van der Waals surface area contributed by atoms with E-state index in [9.17, 15) is 0 Å². The maximum Gasteiger partial charge on any atom is 0.0100 e.